The molecule has 8 heteroatoms. The first-order chi connectivity index (χ1) is 12.8. The second-order valence-corrected chi connectivity index (χ2v) is 8.48. The van der Waals surface area contributed by atoms with Crippen molar-refractivity contribution in [3.8, 4) is 0 Å². The highest BCUT2D eigenvalue weighted by atomic mass is 16.2. The number of benzene rings is 1. The maximum absolute atomic E-state index is 12.9. The maximum Gasteiger partial charge on any atom is 0.325 e. The van der Waals surface area contributed by atoms with Crippen molar-refractivity contribution in [3.63, 3.8) is 0 Å². The van der Waals surface area contributed by atoms with E-state index in [0.717, 1.165) is 10.5 Å². The number of urea groups is 2. The Hall–Kier alpha value is -2.90. The van der Waals surface area contributed by atoms with Crippen LogP contribution < -0.4 is 16.0 Å². The minimum absolute atomic E-state index is 0.343. The van der Waals surface area contributed by atoms with Crippen molar-refractivity contribution in [2.75, 3.05) is 6.54 Å². The smallest absolute Gasteiger partial charge is 0.325 e. The molecular formula is C20H28N4O4. The minimum atomic E-state index is -1.26. The van der Waals surface area contributed by atoms with Crippen LogP contribution in [0, 0.1) is 0 Å². The number of nitrogens with one attached hydrogen (secondary N) is 3. The fraction of sp³-hybridized carbons (Fsp3) is 0.500. The number of nitrogens with zero attached hydrogens (tertiary/aromatic N) is 1. The highest BCUT2D eigenvalue weighted by Crippen LogP contribution is 2.29. The standard InChI is InChI=1S/C20H28N4O4/c1-12(2)13-7-9-14(10-8-13)20(6)16(26)24(18(28)23-20)11-15(25)21-17(27)22-19(3,4)5/h7-10,12H,11H2,1-6H3,(H,23,28)(H2,21,22,25,27). The summed E-state index contributed by atoms with van der Waals surface area (Å²) in [5, 5.41) is 7.36. The van der Waals surface area contributed by atoms with Gasteiger partial charge in [-0.1, -0.05) is 38.1 Å². The maximum atomic E-state index is 12.9. The number of carbonyl (C=O) groups excluding carboxylic acids is 4. The third-order valence-electron chi connectivity index (χ3n) is 4.47. The van der Waals surface area contributed by atoms with Crippen LogP contribution in [-0.2, 0) is 15.1 Å². The van der Waals surface area contributed by atoms with E-state index in [1.54, 1.807) is 39.8 Å². The molecule has 6 amide bonds. The Morgan fingerprint density at radius 2 is 1.71 bits per heavy atom. The van der Waals surface area contributed by atoms with Gasteiger partial charge in [-0.3, -0.25) is 19.8 Å². The number of imide groups is 2. The SMILES string of the molecule is CC(C)c1ccc(C2(C)NC(=O)N(CC(=O)NC(=O)NC(C)(C)C)C2=O)cc1. The summed E-state index contributed by atoms with van der Waals surface area (Å²) in [6, 6.07) is 6.07. The molecule has 0 radical (unpaired) electrons. The summed E-state index contributed by atoms with van der Waals surface area (Å²) in [6.45, 7) is 10.5. The molecule has 28 heavy (non-hydrogen) atoms. The van der Waals surface area contributed by atoms with Crippen LogP contribution in [0.3, 0.4) is 0 Å². The first kappa shape index (κ1) is 21.4. The van der Waals surface area contributed by atoms with Crippen molar-refractivity contribution < 1.29 is 19.2 Å². The molecule has 0 aliphatic carbocycles. The Morgan fingerprint density at radius 3 is 2.21 bits per heavy atom. The fourth-order valence-electron chi connectivity index (χ4n) is 2.92. The molecule has 8 nitrogen and oxygen atoms in total. The van der Waals surface area contributed by atoms with Gasteiger partial charge in [0.1, 0.15) is 12.1 Å². The Kier molecular flexibility index (Phi) is 5.82. The van der Waals surface area contributed by atoms with Gasteiger partial charge in [0.2, 0.25) is 5.91 Å². The van der Waals surface area contributed by atoms with Gasteiger partial charge in [-0.15, -0.1) is 0 Å². The summed E-state index contributed by atoms with van der Waals surface area (Å²) < 4.78 is 0. The normalized spacial score (nSPS) is 19.6. The number of amides is 6. The molecule has 1 saturated heterocycles. The zero-order valence-corrected chi connectivity index (χ0v) is 17.2. The highest BCUT2D eigenvalue weighted by Gasteiger charge is 2.49. The summed E-state index contributed by atoms with van der Waals surface area (Å²) in [6.07, 6.45) is 0. The van der Waals surface area contributed by atoms with Gasteiger partial charge in [0, 0.05) is 5.54 Å². The second-order valence-electron chi connectivity index (χ2n) is 8.48. The molecule has 0 bridgehead atoms. The largest absolute Gasteiger partial charge is 0.333 e. The molecule has 1 aromatic rings. The predicted molar refractivity (Wildman–Crippen MR) is 105 cm³/mol. The lowest BCUT2D eigenvalue weighted by Crippen LogP contribution is -2.51. The van der Waals surface area contributed by atoms with E-state index < -0.39 is 41.5 Å². The van der Waals surface area contributed by atoms with Crippen molar-refractivity contribution in [2.24, 2.45) is 0 Å². The highest BCUT2D eigenvalue weighted by molar-refractivity contribution is 6.10. The lowest BCUT2D eigenvalue weighted by Gasteiger charge is -2.23. The summed E-state index contributed by atoms with van der Waals surface area (Å²) in [5.74, 6) is -0.944. The molecule has 3 N–H and O–H groups in total. The molecule has 0 spiro atoms. The fourth-order valence-corrected chi connectivity index (χ4v) is 2.92. The zero-order chi connectivity index (χ0) is 21.3. The van der Waals surface area contributed by atoms with Crippen LogP contribution in [0.2, 0.25) is 0 Å². The van der Waals surface area contributed by atoms with Crippen molar-refractivity contribution in [2.45, 2.75) is 58.5 Å². The van der Waals surface area contributed by atoms with Gasteiger partial charge in [0.25, 0.3) is 5.91 Å². The van der Waals surface area contributed by atoms with Crippen LogP contribution in [0.1, 0.15) is 58.6 Å². The van der Waals surface area contributed by atoms with E-state index in [1.165, 1.54) is 0 Å². The molecule has 2 rings (SSSR count). The summed E-state index contributed by atoms with van der Waals surface area (Å²) in [4.78, 5) is 49.9. The van der Waals surface area contributed by atoms with Crippen LogP contribution in [-0.4, -0.2) is 40.9 Å². The van der Waals surface area contributed by atoms with E-state index in [9.17, 15) is 19.2 Å². The number of carbonyl (C=O) groups is 4. The molecule has 1 aliphatic heterocycles. The van der Waals surface area contributed by atoms with E-state index in [1.807, 2.05) is 12.1 Å². The quantitative estimate of drug-likeness (QED) is 0.687. The first-order valence-corrected chi connectivity index (χ1v) is 9.20. The number of hydrogen-bond donors (Lipinski definition) is 3. The van der Waals surface area contributed by atoms with E-state index in [2.05, 4.69) is 29.8 Å². The third-order valence-corrected chi connectivity index (χ3v) is 4.47. The summed E-state index contributed by atoms with van der Waals surface area (Å²) in [5.41, 5.74) is -0.0409. The van der Waals surface area contributed by atoms with Crippen LogP contribution in [0.25, 0.3) is 0 Å². The van der Waals surface area contributed by atoms with Gasteiger partial charge in [0.15, 0.2) is 0 Å². The summed E-state index contributed by atoms with van der Waals surface area (Å²) >= 11 is 0. The van der Waals surface area contributed by atoms with Gasteiger partial charge in [-0.25, -0.2) is 9.59 Å². The number of hydrogen-bond acceptors (Lipinski definition) is 4. The number of rotatable bonds is 4. The van der Waals surface area contributed by atoms with E-state index in [-0.39, 0.29) is 0 Å². The van der Waals surface area contributed by atoms with Gasteiger partial charge in [-0.2, -0.15) is 0 Å². The lowest BCUT2D eigenvalue weighted by atomic mass is 9.90. The molecular weight excluding hydrogens is 360 g/mol. The van der Waals surface area contributed by atoms with Crippen LogP contribution in [0.4, 0.5) is 9.59 Å². The monoisotopic (exact) mass is 388 g/mol. The average Bonchev–Trinajstić information content (AvgIpc) is 2.77. The molecule has 1 fully saturated rings. The van der Waals surface area contributed by atoms with E-state index in [4.69, 9.17) is 0 Å². The molecule has 0 saturated carbocycles. The molecule has 0 aromatic heterocycles. The Morgan fingerprint density at radius 1 is 1.14 bits per heavy atom. The van der Waals surface area contributed by atoms with E-state index in [0.29, 0.717) is 11.5 Å². The minimum Gasteiger partial charge on any atom is -0.333 e. The first-order valence-electron chi connectivity index (χ1n) is 9.20. The molecule has 1 atom stereocenters. The van der Waals surface area contributed by atoms with Crippen molar-refractivity contribution >= 4 is 23.9 Å². The van der Waals surface area contributed by atoms with Gasteiger partial charge in [-0.05, 0) is 44.7 Å². The third kappa shape index (κ3) is 4.68. The van der Waals surface area contributed by atoms with Gasteiger partial charge >= 0.3 is 12.1 Å². The van der Waals surface area contributed by atoms with Crippen LogP contribution in [0.5, 0.6) is 0 Å². The zero-order valence-electron chi connectivity index (χ0n) is 17.2. The van der Waals surface area contributed by atoms with Crippen LogP contribution >= 0.6 is 0 Å². The Balaban J connectivity index is 2.10. The average molecular weight is 388 g/mol. The molecule has 1 heterocycles. The van der Waals surface area contributed by atoms with Crippen molar-refractivity contribution in [1.82, 2.24) is 20.9 Å². The Bertz CT molecular complexity index is 795. The molecule has 152 valence electrons. The van der Waals surface area contributed by atoms with Crippen molar-refractivity contribution in [1.29, 1.82) is 0 Å². The van der Waals surface area contributed by atoms with E-state index >= 15 is 0 Å². The molecule has 1 unspecified atom stereocenters. The Labute approximate surface area is 165 Å². The lowest BCUT2D eigenvalue weighted by molar-refractivity contribution is -0.134. The topological polar surface area (TPSA) is 108 Å². The van der Waals surface area contributed by atoms with Gasteiger partial charge < -0.3 is 10.6 Å². The predicted octanol–water partition coefficient (Wildman–Crippen LogP) is 2.20. The van der Waals surface area contributed by atoms with Crippen molar-refractivity contribution in [3.05, 3.63) is 35.4 Å². The second kappa shape index (κ2) is 7.61. The van der Waals surface area contributed by atoms with Gasteiger partial charge in [0.05, 0.1) is 0 Å². The van der Waals surface area contributed by atoms with Crippen LogP contribution in [0.15, 0.2) is 24.3 Å². The molecule has 1 aliphatic rings. The molecule has 1 aromatic carbocycles. The summed E-state index contributed by atoms with van der Waals surface area (Å²) in [7, 11) is 0.